The van der Waals surface area contributed by atoms with Gasteiger partial charge in [-0.1, -0.05) is 12.1 Å². The number of benzene rings is 1. The topological polar surface area (TPSA) is 138 Å². The zero-order chi connectivity index (χ0) is 24.6. The molecule has 3 aromatic rings. The number of anilines is 3. The summed E-state index contributed by atoms with van der Waals surface area (Å²) in [6.07, 6.45) is 3.49. The number of fused-ring (bicyclic) bond motifs is 1. The molecule has 2 aromatic heterocycles. The van der Waals surface area contributed by atoms with Crippen molar-refractivity contribution in [1.82, 2.24) is 9.97 Å². The maximum absolute atomic E-state index is 13.0. The third-order valence-corrected chi connectivity index (χ3v) is 8.40. The Labute approximate surface area is 204 Å². The van der Waals surface area contributed by atoms with Gasteiger partial charge in [-0.3, -0.25) is 5.73 Å². The molecule has 2 aliphatic heterocycles. The van der Waals surface area contributed by atoms with Crippen molar-refractivity contribution in [2.75, 3.05) is 41.8 Å². The van der Waals surface area contributed by atoms with E-state index >= 15 is 0 Å². The van der Waals surface area contributed by atoms with Crippen LogP contribution in [0.4, 0.5) is 17.2 Å². The fraction of sp³-hybridized carbons (Fsp3) is 0.333. The van der Waals surface area contributed by atoms with Crippen LogP contribution in [0.1, 0.15) is 25.1 Å². The lowest BCUT2D eigenvalue weighted by Gasteiger charge is -2.33. The summed E-state index contributed by atoms with van der Waals surface area (Å²) in [5.74, 6) is -0.0243. The molecule has 4 heterocycles. The van der Waals surface area contributed by atoms with Crippen LogP contribution in [0, 0.1) is 0 Å². The number of amidine groups is 1. The number of sulfone groups is 1. The van der Waals surface area contributed by atoms with Crippen molar-refractivity contribution in [3.63, 3.8) is 0 Å². The summed E-state index contributed by atoms with van der Waals surface area (Å²) in [6, 6.07) is 12.5. The van der Waals surface area contributed by atoms with Crippen LogP contribution in [-0.4, -0.2) is 55.8 Å². The number of aromatic amines is 1. The van der Waals surface area contributed by atoms with E-state index in [-0.39, 0.29) is 4.90 Å². The van der Waals surface area contributed by atoms with E-state index in [0.717, 1.165) is 24.6 Å². The lowest BCUT2D eigenvalue weighted by Crippen LogP contribution is -2.47. The van der Waals surface area contributed by atoms with Crippen LogP contribution in [0.25, 0.3) is 0 Å². The highest BCUT2D eigenvalue weighted by Gasteiger charge is 2.35. The van der Waals surface area contributed by atoms with Gasteiger partial charge in [-0.25, -0.2) is 18.4 Å². The van der Waals surface area contributed by atoms with Gasteiger partial charge < -0.3 is 25.3 Å². The summed E-state index contributed by atoms with van der Waals surface area (Å²) >= 11 is 0. The van der Waals surface area contributed by atoms with Crippen LogP contribution in [0.3, 0.4) is 0 Å². The molecular weight excluding hydrogens is 466 g/mol. The van der Waals surface area contributed by atoms with Crippen molar-refractivity contribution in [2.45, 2.75) is 29.8 Å². The van der Waals surface area contributed by atoms with Gasteiger partial charge in [0.05, 0.1) is 34.7 Å². The van der Waals surface area contributed by atoms with Crippen molar-refractivity contribution < 1.29 is 13.2 Å². The van der Waals surface area contributed by atoms with Crippen molar-refractivity contribution in [2.24, 2.45) is 10.7 Å². The number of hydrogen-bond acceptors (Lipinski definition) is 9. The average Bonchev–Trinajstić information content (AvgIpc) is 3.33. The van der Waals surface area contributed by atoms with E-state index in [0.29, 0.717) is 36.0 Å². The Kier molecular flexibility index (Phi) is 5.99. The van der Waals surface area contributed by atoms with Gasteiger partial charge in [-0.15, -0.1) is 0 Å². The molecule has 11 heteroatoms. The number of aliphatic imine (C=N–C) groups is 1. The minimum absolute atomic E-state index is 0.212. The highest BCUT2D eigenvalue weighted by molar-refractivity contribution is 7.92. The first kappa shape index (κ1) is 23.3. The largest absolute Gasteiger partial charge is 0.378 e. The zero-order valence-corrected chi connectivity index (χ0v) is 20.5. The van der Waals surface area contributed by atoms with Crippen LogP contribution in [0.5, 0.6) is 0 Å². The third-order valence-electron chi connectivity index (χ3n) is 6.19. The third kappa shape index (κ3) is 4.38. The van der Waals surface area contributed by atoms with E-state index in [1.54, 1.807) is 50.5 Å². The molecule has 2 aliphatic rings. The first-order valence-electron chi connectivity index (χ1n) is 11.5. The van der Waals surface area contributed by atoms with E-state index in [1.165, 1.54) is 0 Å². The second kappa shape index (κ2) is 8.99. The van der Waals surface area contributed by atoms with Gasteiger partial charge >= 0.3 is 0 Å². The normalized spacial score (nSPS) is 20.2. The molecule has 35 heavy (non-hydrogen) atoms. The molecule has 0 spiro atoms. The summed E-state index contributed by atoms with van der Waals surface area (Å²) in [7, 11) is -3.52. The monoisotopic (exact) mass is 495 g/mol. The highest BCUT2D eigenvalue weighted by Crippen LogP contribution is 2.33. The van der Waals surface area contributed by atoms with E-state index < -0.39 is 20.9 Å². The van der Waals surface area contributed by atoms with Gasteiger partial charge in [0.15, 0.2) is 15.7 Å². The molecule has 0 saturated carbocycles. The van der Waals surface area contributed by atoms with Crippen LogP contribution in [-0.2, 0) is 20.4 Å². The predicted octanol–water partition coefficient (Wildman–Crippen LogP) is 2.48. The Hall–Kier alpha value is -3.41. The van der Waals surface area contributed by atoms with Gasteiger partial charge in [0, 0.05) is 31.0 Å². The van der Waals surface area contributed by atoms with Crippen LogP contribution >= 0.6 is 0 Å². The molecule has 184 valence electrons. The number of aromatic nitrogens is 2. The molecule has 1 atom stereocenters. The number of rotatable bonds is 5. The van der Waals surface area contributed by atoms with Crippen molar-refractivity contribution in [3.05, 3.63) is 66.1 Å². The van der Waals surface area contributed by atoms with Crippen molar-refractivity contribution >= 4 is 32.9 Å². The molecule has 1 aromatic carbocycles. The number of morpholine rings is 1. The fourth-order valence-electron chi connectivity index (χ4n) is 4.15. The van der Waals surface area contributed by atoms with E-state index in [4.69, 9.17) is 15.5 Å². The molecule has 5 rings (SSSR count). The maximum atomic E-state index is 13.0. The summed E-state index contributed by atoms with van der Waals surface area (Å²) in [5, 5.41) is 5.93. The SMILES string of the molecule is CC(C)S(=O)(=O)c1ccccc1NC1=NC(N)(c2ccc(N3CCOCC3)nc2)Nc2cc[nH]c21. The maximum Gasteiger partial charge on any atom is 0.213 e. The molecule has 1 unspecified atom stereocenters. The smallest absolute Gasteiger partial charge is 0.213 e. The molecule has 0 aliphatic carbocycles. The molecule has 0 bridgehead atoms. The summed E-state index contributed by atoms with van der Waals surface area (Å²) in [4.78, 5) is 14.9. The number of pyridine rings is 1. The Balaban J connectivity index is 1.50. The van der Waals surface area contributed by atoms with Crippen LogP contribution < -0.4 is 21.3 Å². The van der Waals surface area contributed by atoms with Gasteiger partial charge in [-0.05, 0) is 44.2 Å². The Bertz CT molecular complexity index is 1350. The second-order valence-electron chi connectivity index (χ2n) is 8.84. The standard InChI is InChI=1S/C24H29N7O3S/c1-16(2)35(32,33)20-6-4-3-5-18(20)28-23-22-19(9-10-26-22)29-24(25,30-23)17-7-8-21(27-15-17)31-11-13-34-14-12-31/h3-10,15-16,26,29H,11-14,25H2,1-2H3,(H,28,30). The number of H-pyrrole nitrogens is 1. The number of nitrogens with one attached hydrogen (secondary N) is 3. The molecular formula is C24H29N7O3S. The Morgan fingerprint density at radius 2 is 1.91 bits per heavy atom. The van der Waals surface area contributed by atoms with Crippen LogP contribution in [0.15, 0.2) is 64.7 Å². The minimum atomic E-state index is -3.52. The molecule has 10 nitrogen and oxygen atoms in total. The number of ether oxygens (including phenoxy) is 1. The Morgan fingerprint density at radius 1 is 1.14 bits per heavy atom. The van der Waals surface area contributed by atoms with Gasteiger partial charge in [0.2, 0.25) is 5.79 Å². The number of nitrogens with two attached hydrogens (primary N) is 1. The Morgan fingerprint density at radius 3 is 2.63 bits per heavy atom. The number of nitrogens with zero attached hydrogens (tertiary/aromatic N) is 3. The highest BCUT2D eigenvalue weighted by atomic mass is 32.2. The lowest BCUT2D eigenvalue weighted by atomic mass is 10.1. The van der Waals surface area contributed by atoms with Gasteiger partial charge in [0.1, 0.15) is 11.5 Å². The van der Waals surface area contributed by atoms with Gasteiger partial charge in [-0.2, -0.15) is 0 Å². The number of hydrogen-bond donors (Lipinski definition) is 4. The minimum Gasteiger partial charge on any atom is -0.378 e. The first-order chi connectivity index (χ1) is 16.8. The van der Waals surface area contributed by atoms with Crippen molar-refractivity contribution in [1.29, 1.82) is 0 Å². The molecule has 1 fully saturated rings. The zero-order valence-electron chi connectivity index (χ0n) is 19.7. The summed E-state index contributed by atoms with van der Waals surface area (Å²) in [6.45, 7) is 6.25. The summed E-state index contributed by atoms with van der Waals surface area (Å²) < 4.78 is 31.3. The predicted molar refractivity (Wildman–Crippen MR) is 136 cm³/mol. The first-order valence-corrected chi connectivity index (χ1v) is 13.1. The van der Waals surface area contributed by atoms with E-state index in [2.05, 4.69) is 25.5 Å². The molecule has 0 amide bonds. The molecule has 5 N–H and O–H groups in total. The van der Waals surface area contributed by atoms with E-state index in [9.17, 15) is 8.42 Å². The quantitative estimate of drug-likeness (QED) is 0.424. The fourth-order valence-corrected chi connectivity index (χ4v) is 5.35. The van der Waals surface area contributed by atoms with Gasteiger partial charge in [0.25, 0.3) is 0 Å². The lowest BCUT2D eigenvalue weighted by molar-refractivity contribution is 0.122. The molecule has 1 saturated heterocycles. The number of para-hydroxylation sites is 1. The second-order valence-corrected chi connectivity index (χ2v) is 11.3. The summed E-state index contributed by atoms with van der Waals surface area (Å²) in [5.41, 5.74) is 9.28. The molecule has 0 radical (unpaired) electrons. The van der Waals surface area contributed by atoms with E-state index in [1.807, 2.05) is 18.2 Å². The van der Waals surface area contributed by atoms with Crippen molar-refractivity contribution in [3.8, 4) is 0 Å². The van der Waals surface area contributed by atoms with Crippen LogP contribution in [0.2, 0.25) is 0 Å². The average molecular weight is 496 g/mol.